The molecule has 0 N–H and O–H groups in total. The van der Waals surface area contributed by atoms with E-state index in [0.717, 1.165) is 19.4 Å². The Morgan fingerprint density at radius 2 is 1.54 bits per heavy atom. The molecular weight excluding hydrogens is 308 g/mol. The average molecular weight is 329 g/mol. The summed E-state index contributed by atoms with van der Waals surface area (Å²) >= 11 is 0. The third-order valence-electron chi connectivity index (χ3n) is 5.22. The molecule has 0 saturated carbocycles. The number of benzene rings is 2. The van der Waals surface area contributed by atoms with E-state index in [1.54, 1.807) is 24.3 Å². The Labute approximate surface area is 141 Å². The molecule has 2 aliphatic heterocycles. The number of morpholine rings is 1. The van der Waals surface area contributed by atoms with Crippen molar-refractivity contribution in [3.8, 4) is 0 Å². The Kier molecular flexibility index (Phi) is 4.33. The zero-order valence-electron chi connectivity index (χ0n) is 13.5. The molecule has 4 rings (SSSR count). The van der Waals surface area contributed by atoms with E-state index in [-0.39, 0.29) is 23.7 Å². The van der Waals surface area contributed by atoms with Gasteiger partial charge in [-0.1, -0.05) is 42.8 Å². The average Bonchev–Trinajstić information content (AvgIpc) is 2.62. The summed E-state index contributed by atoms with van der Waals surface area (Å²) in [5.41, 5.74) is 1.10. The normalized spacial score (nSPS) is 27.7. The molecule has 2 aromatic rings. The van der Waals surface area contributed by atoms with Crippen molar-refractivity contribution < 1.29 is 13.5 Å². The van der Waals surface area contributed by atoms with Crippen molar-refractivity contribution in [1.82, 2.24) is 4.90 Å². The fourth-order valence-electron chi connectivity index (χ4n) is 4.07. The number of nitrogens with zero attached hydrogens (tertiary/aromatic N) is 1. The first-order valence-electron chi connectivity index (χ1n) is 8.62. The second-order valence-electron chi connectivity index (χ2n) is 6.63. The molecule has 4 heteroatoms. The minimum atomic E-state index is -0.488. The lowest BCUT2D eigenvalue weighted by Gasteiger charge is -2.48. The van der Waals surface area contributed by atoms with Crippen LogP contribution in [0.25, 0.3) is 0 Å². The van der Waals surface area contributed by atoms with Crippen molar-refractivity contribution in [2.75, 3.05) is 13.2 Å². The predicted molar refractivity (Wildman–Crippen MR) is 88.6 cm³/mol. The van der Waals surface area contributed by atoms with Gasteiger partial charge in [0.15, 0.2) is 0 Å². The van der Waals surface area contributed by atoms with Gasteiger partial charge in [-0.25, -0.2) is 8.78 Å². The number of fused-ring (bicyclic) bond motifs is 1. The van der Waals surface area contributed by atoms with Crippen LogP contribution in [0.1, 0.15) is 42.5 Å². The van der Waals surface area contributed by atoms with Crippen LogP contribution in [0.4, 0.5) is 8.78 Å². The predicted octanol–water partition coefficient (Wildman–Crippen LogP) is 4.63. The zero-order chi connectivity index (χ0) is 16.5. The molecule has 2 aliphatic rings. The quantitative estimate of drug-likeness (QED) is 0.796. The zero-order valence-corrected chi connectivity index (χ0v) is 13.5. The van der Waals surface area contributed by atoms with E-state index in [2.05, 4.69) is 4.90 Å². The third-order valence-corrected chi connectivity index (χ3v) is 5.22. The molecule has 0 aromatic heterocycles. The highest BCUT2D eigenvalue weighted by atomic mass is 19.1. The summed E-state index contributed by atoms with van der Waals surface area (Å²) in [6.07, 6.45) is 2.82. The summed E-state index contributed by atoms with van der Waals surface area (Å²) in [6, 6.07) is 13.5. The van der Waals surface area contributed by atoms with Crippen LogP contribution < -0.4 is 0 Å². The fourth-order valence-corrected chi connectivity index (χ4v) is 4.07. The second kappa shape index (κ2) is 6.61. The van der Waals surface area contributed by atoms with Crippen LogP contribution in [-0.4, -0.2) is 24.1 Å². The van der Waals surface area contributed by atoms with Crippen LogP contribution in [0, 0.1) is 11.6 Å². The first-order valence-corrected chi connectivity index (χ1v) is 8.62. The smallest absolute Gasteiger partial charge is 0.129 e. The molecule has 2 fully saturated rings. The monoisotopic (exact) mass is 329 g/mol. The lowest BCUT2D eigenvalue weighted by Crippen LogP contribution is -2.51. The number of rotatable bonds is 2. The van der Waals surface area contributed by atoms with E-state index in [4.69, 9.17) is 4.74 Å². The van der Waals surface area contributed by atoms with Crippen molar-refractivity contribution in [2.24, 2.45) is 0 Å². The van der Waals surface area contributed by atoms with Crippen LogP contribution >= 0.6 is 0 Å². The summed E-state index contributed by atoms with van der Waals surface area (Å²) in [6.45, 7) is 1.47. The Morgan fingerprint density at radius 3 is 2.25 bits per heavy atom. The van der Waals surface area contributed by atoms with Crippen molar-refractivity contribution in [3.05, 3.63) is 71.3 Å². The second-order valence-corrected chi connectivity index (χ2v) is 6.63. The maximum atomic E-state index is 14.5. The topological polar surface area (TPSA) is 12.5 Å². The van der Waals surface area contributed by atoms with E-state index in [1.165, 1.54) is 18.6 Å². The van der Waals surface area contributed by atoms with Crippen molar-refractivity contribution >= 4 is 0 Å². The molecule has 0 radical (unpaired) electrons. The first-order chi connectivity index (χ1) is 11.8. The lowest BCUT2D eigenvalue weighted by atomic mass is 9.88. The third kappa shape index (κ3) is 2.74. The van der Waals surface area contributed by atoms with E-state index < -0.39 is 6.10 Å². The van der Waals surface area contributed by atoms with E-state index in [0.29, 0.717) is 17.7 Å². The van der Waals surface area contributed by atoms with E-state index >= 15 is 0 Å². The van der Waals surface area contributed by atoms with Gasteiger partial charge in [-0.3, -0.25) is 4.90 Å². The van der Waals surface area contributed by atoms with E-state index in [9.17, 15) is 8.78 Å². The van der Waals surface area contributed by atoms with Gasteiger partial charge in [-0.2, -0.15) is 0 Å². The van der Waals surface area contributed by atoms with Gasteiger partial charge in [-0.15, -0.1) is 0 Å². The van der Waals surface area contributed by atoms with E-state index in [1.807, 2.05) is 12.1 Å². The summed E-state index contributed by atoms with van der Waals surface area (Å²) < 4.78 is 35.0. The minimum Gasteiger partial charge on any atom is -0.370 e. The first kappa shape index (κ1) is 15.7. The van der Waals surface area contributed by atoms with Gasteiger partial charge < -0.3 is 4.74 Å². The Bertz CT molecular complexity index is 720. The maximum absolute atomic E-state index is 14.5. The highest BCUT2D eigenvalue weighted by Crippen LogP contribution is 2.45. The highest BCUT2D eigenvalue weighted by molar-refractivity contribution is 5.29. The molecule has 2 saturated heterocycles. The van der Waals surface area contributed by atoms with Gasteiger partial charge >= 0.3 is 0 Å². The van der Waals surface area contributed by atoms with Crippen LogP contribution in [0.3, 0.4) is 0 Å². The molecule has 3 unspecified atom stereocenters. The van der Waals surface area contributed by atoms with Crippen molar-refractivity contribution in [3.63, 3.8) is 0 Å². The molecule has 0 amide bonds. The van der Waals surface area contributed by atoms with Gasteiger partial charge in [0, 0.05) is 17.2 Å². The number of hydrogen-bond donors (Lipinski definition) is 0. The number of ether oxygens (including phenoxy) is 1. The van der Waals surface area contributed by atoms with Crippen LogP contribution in [-0.2, 0) is 4.74 Å². The summed E-state index contributed by atoms with van der Waals surface area (Å²) in [7, 11) is 0. The number of hydrogen-bond acceptors (Lipinski definition) is 2. The fraction of sp³-hybridized carbons (Fsp3) is 0.400. The molecule has 2 heterocycles. The Hall–Kier alpha value is -1.78. The van der Waals surface area contributed by atoms with Crippen LogP contribution in [0.5, 0.6) is 0 Å². The number of piperidine rings is 1. The molecule has 0 spiro atoms. The molecule has 126 valence electrons. The van der Waals surface area contributed by atoms with Crippen molar-refractivity contribution in [1.29, 1.82) is 0 Å². The Morgan fingerprint density at radius 1 is 0.875 bits per heavy atom. The minimum absolute atomic E-state index is 0.251. The van der Waals surface area contributed by atoms with Gasteiger partial charge in [0.25, 0.3) is 0 Å². The summed E-state index contributed by atoms with van der Waals surface area (Å²) in [5, 5.41) is 0. The van der Waals surface area contributed by atoms with Crippen LogP contribution in [0.2, 0.25) is 0 Å². The highest BCUT2D eigenvalue weighted by Gasteiger charge is 2.42. The van der Waals surface area contributed by atoms with Gasteiger partial charge in [0.2, 0.25) is 0 Å². The van der Waals surface area contributed by atoms with Gasteiger partial charge in [0.05, 0.1) is 12.6 Å². The number of halogens is 2. The molecule has 24 heavy (non-hydrogen) atoms. The van der Waals surface area contributed by atoms with Gasteiger partial charge in [-0.05, 0) is 31.5 Å². The van der Waals surface area contributed by atoms with Gasteiger partial charge in [0.1, 0.15) is 17.7 Å². The molecule has 3 atom stereocenters. The summed E-state index contributed by atoms with van der Waals surface area (Å²) in [4.78, 5) is 2.32. The van der Waals surface area contributed by atoms with Crippen LogP contribution in [0.15, 0.2) is 48.5 Å². The molecule has 0 bridgehead atoms. The molecule has 0 aliphatic carbocycles. The van der Waals surface area contributed by atoms with Crippen molar-refractivity contribution in [2.45, 2.75) is 37.5 Å². The SMILES string of the molecule is Fc1ccccc1C1OCC2CCCCN2C1c1ccccc1F. The molecule has 2 nitrogen and oxygen atoms in total. The largest absolute Gasteiger partial charge is 0.370 e. The maximum Gasteiger partial charge on any atom is 0.129 e. The lowest BCUT2D eigenvalue weighted by molar-refractivity contribution is -0.121. The summed E-state index contributed by atoms with van der Waals surface area (Å²) in [5.74, 6) is -0.544. The molecule has 2 aromatic carbocycles. The Balaban J connectivity index is 1.80. The molecular formula is C20H21F2NO. The standard InChI is InChI=1S/C20H21F2NO/c21-17-10-3-1-8-15(17)19-20(16-9-2-4-11-18(16)22)24-13-14-7-5-6-12-23(14)19/h1-4,8-11,14,19-20H,5-7,12-13H2.